The Balaban J connectivity index is 1.76. The van der Waals surface area contributed by atoms with Gasteiger partial charge in [-0.25, -0.2) is 0 Å². The molecule has 1 aromatic carbocycles. The number of hydrogen-bond acceptors (Lipinski definition) is 4. The molecule has 130 valence electrons. The topological polar surface area (TPSA) is 72.7 Å². The molecular weight excluding hydrogens is 306 g/mol. The van der Waals surface area contributed by atoms with Crippen LogP contribution in [0.1, 0.15) is 12.6 Å². The van der Waals surface area contributed by atoms with E-state index in [-0.39, 0.29) is 6.10 Å². The van der Waals surface area contributed by atoms with Crippen molar-refractivity contribution in [1.29, 1.82) is 0 Å². The Morgan fingerprint density at radius 2 is 1.92 bits per heavy atom. The van der Waals surface area contributed by atoms with E-state index in [9.17, 15) is 0 Å². The van der Waals surface area contributed by atoms with E-state index < -0.39 is 0 Å². The zero-order valence-corrected chi connectivity index (χ0v) is 14.6. The molecule has 0 aliphatic carbocycles. The van der Waals surface area contributed by atoms with Gasteiger partial charge in [0, 0.05) is 20.3 Å². The van der Waals surface area contributed by atoms with Gasteiger partial charge in [-0.3, -0.25) is 9.67 Å². The number of ether oxygens (including phenoxy) is 2. The lowest BCUT2D eigenvalue weighted by molar-refractivity contribution is 0.223. The summed E-state index contributed by atoms with van der Waals surface area (Å²) in [6.07, 6.45) is 1.77. The van der Waals surface area contributed by atoms with Crippen LogP contribution in [0.2, 0.25) is 0 Å². The second kappa shape index (κ2) is 8.81. The van der Waals surface area contributed by atoms with Crippen LogP contribution in [0, 0.1) is 0 Å². The third-order valence-corrected chi connectivity index (χ3v) is 3.54. The first-order valence-corrected chi connectivity index (χ1v) is 7.84. The van der Waals surface area contributed by atoms with Crippen molar-refractivity contribution in [2.75, 3.05) is 20.7 Å². The summed E-state index contributed by atoms with van der Waals surface area (Å²) in [5.41, 5.74) is 1.08. The van der Waals surface area contributed by atoms with Crippen LogP contribution in [-0.4, -0.2) is 42.5 Å². The van der Waals surface area contributed by atoms with Crippen LogP contribution in [0.15, 0.2) is 41.5 Å². The van der Waals surface area contributed by atoms with Crippen LogP contribution < -0.4 is 20.1 Å². The number of nitrogens with zero attached hydrogens (tertiary/aromatic N) is 3. The van der Waals surface area contributed by atoms with E-state index in [1.807, 2.05) is 49.0 Å². The molecule has 1 heterocycles. The summed E-state index contributed by atoms with van der Waals surface area (Å²) in [7, 11) is 5.30. The van der Waals surface area contributed by atoms with E-state index in [1.165, 1.54) is 0 Å². The Morgan fingerprint density at radius 1 is 1.21 bits per heavy atom. The van der Waals surface area contributed by atoms with Gasteiger partial charge in [0.25, 0.3) is 0 Å². The molecule has 0 saturated carbocycles. The summed E-state index contributed by atoms with van der Waals surface area (Å²) in [5, 5.41) is 10.6. The fourth-order valence-electron chi connectivity index (χ4n) is 2.14. The van der Waals surface area contributed by atoms with Gasteiger partial charge in [0.2, 0.25) is 0 Å². The summed E-state index contributed by atoms with van der Waals surface area (Å²) >= 11 is 0. The van der Waals surface area contributed by atoms with Crippen molar-refractivity contribution in [3.8, 4) is 11.5 Å². The number of benzene rings is 1. The Hall–Kier alpha value is -2.70. The van der Waals surface area contributed by atoms with Gasteiger partial charge >= 0.3 is 0 Å². The van der Waals surface area contributed by atoms with Gasteiger partial charge in [-0.2, -0.15) is 5.10 Å². The first kappa shape index (κ1) is 17.7. The fraction of sp³-hybridized carbons (Fsp3) is 0.412. The fourth-order valence-corrected chi connectivity index (χ4v) is 2.14. The van der Waals surface area contributed by atoms with Gasteiger partial charge in [-0.1, -0.05) is 0 Å². The van der Waals surface area contributed by atoms with E-state index in [0.29, 0.717) is 13.1 Å². The Bertz CT molecular complexity index is 651. The number of aryl methyl sites for hydroxylation is 1. The van der Waals surface area contributed by atoms with E-state index in [0.717, 1.165) is 23.2 Å². The SMILES string of the molecule is CN=C(NCc1ccnn1C)NCC(C)Oc1ccc(OC)cc1. The van der Waals surface area contributed by atoms with E-state index in [1.54, 1.807) is 20.4 Å². The third kappa shape index (κ3) is 5.19. The summed E-state index contributed by atoms with van der Waals surface area (Å²) in [4.78, 5) is 4.21. The standard InChI is InChI=1S/C17H25N5O2/c1-13(24-16-7-5-15(23-4)6-8-16)11-19-17(18-2)20-12-14-9-10-21-22(14)3/h5-10,13H,11-12H2,1-4H3,(H2,18,19,20). The highest BCUT2D eigenvalue weighted by Crippen LogP contribution is 2.17. The van der Waals surface area contributed by atoms with Crippen LogP contribution >= 0.6 is 0 Å². The summed E-state index contributed by atoms with van der Waals surface area (Å²) in [5.74, 6) is 2.34. The van der Waals surface area contributed by atoms with Gasteiger partial charge < -0.3 is 20.1 Å². The van der Waals surface area contributed by atoms with Crippen molar-refractivity contribution in [2.45, 2.75) is 19.6 Å². The average Bonchev–Trinajstić information content (AvgIpc) is 3.01. The number of methoxy groups -OCH3 is 1. The Labute approximate surface area is 142 Å². The second-order valence-electron chi connectivity index (χ2n) is 5.36. The minimum atomic E-state index is -0.00588. The lowest BCUT2D eigenvalue weighted by Crippen LogP contribution is -2.41. The van der Waals surface area contributed by atoms with Crippen molar-refractivity contribution < 1.29 is 9.47 Å². The Kier molecular flexibility index (Phi) is 6.48. The summed E-state index contributed by atoms with van der Waals surface area (Å²) in [6.45, 7) is 3.30. The van der Waals surface area contributed by atoms with Crippen LogP contribution in [-0.2, 0) is 13.6 Å². The first-order chi connectivity index (χ1) is 11.6. The van der Waals surface area contributed by atoms with Crippen LogP contribution in [0.25, 0.3) is 0 Å². The van der Waals surface area contributed by atoms with Gasteiger partial charge in [-0.15, -0.1) is 0 Å². The molecule has 2 N–H and O–H groups in total. The largest absolute Gasteiger partial charge is 0.497 e. The molecule has 7 nitrogen and oxygen atoms in total. The van der Waals surface area contributed by atoms with Crippen molar-refractivity contribution in [3.05, 3.63) is 42.2 Å². The molecule has 0 aliphatic heterocycles. The molecule has 24 heavy (non-hydrogen) atoms. The Morgan fingerprint density at radius 3 is 2.50 bits per heavy atom. The summed E-state index contributed by atoms with van der Waals surface area (Å²) < 4.78 is 12.8. The second-order valence-corrected chi connectivity index (χ2v) is 5.36. The third-order valence-electron chi connectivity index (χ3n) is 3.54. The molecule has 0 aliphatic rings. The number of guanidine groups is 1. The van der Waals surface area contributed by atoms with Crippen LogP contribution in [0.4, 0.5) is 0 Å². The molecule has 0 spiro atoms. The average molecular weight is 331 g/mol. The number of nitrogens with one attached hydrogen (secondary N) is 2. The number of rotatable bonds is 7. The van der Waals surface area contributed by atoms with E-state index in [4.69, 9.17) is 9.47 Å². The molecule has 7 heteroatoms. The van der Waals surface area contributed by atoms with Crippen molar-refractivity contribution >= 4 is 5.96 Å². The number of aromatic nitrogens is 2. The first-order valence-electron chi connectivity index (χ1n) is 7.84. The monoisotopic (exact) mass is 331 g/mol. The highest BCUT2D eigenvalue weighted by Gasteiger charge is 2.07. The van der Waals surface area contributed by atoms with Crippen molar-refractivity contribution in [3.63, 3.8) is 0 Å². The molecule has 0 amide bonds. The molecule has 2 rings (SSSR count). The zero-order chi connectivity index (χ0) is 17.4. The summed E-state index contributed by atoms with van der Waals surface area (Å²) in [6, 6.07) is 9.51. The highest BCUT2D eigenvalue weighted by molar-refractivity contribution is 5.79. The lowest BCUT2D eigenvalue weighted by Gasteiger charge is -2.18. The van der Waals surface area contributed by atoms with Crippen molar-refractivity contribution in [1.82, 2.24) is 20.4 Å². The predicted octanol–water partition coefficient (Wildman–Crippen LogP) is 1.56. The van der Waals surface area contributed by atoms with Gasteiger partial charge in [0.05, 0.1) is 25.9 Å². The maximum atomic E-state index is 5.86. The number of hydrogen-bond donors (Lipinski definition) is 2. The minimum absolute atomic E-state index is 0.00588. The molecule has 0 saturated heterocycles. The highest BCUT2D eigenvalue weighted by atomic mass is 16.5. The molecule has 2 aromatic rings. The molecule has 1 unspecified atom stereocenters. The molecule has 1 atom stereocenters. The zero-order valence-electron chi connectivity index (χ0n) is 14.6. The van der Waals surface area contributed by atoms with Gasteiger partial charge in [0.15, 0.2) is 5.96 Å². The maximum Gasteiger partial charge on any atom is 0.191 e. The molecular formula is C17H25N5O2. The van der Waals surface area contributed by atoms with Crippen LogP contribution in [0.5, 0.6) is 11.5 Å². The minimum Gasteiger partial charge on any atom is -0.497 e. The lowest BCUT2D eigenvalue weighted by atomic mass is 10.3. The van der Waals surface area contributed by atoms with Crippen molar-refractivity contribution in [2.24, 2.45) is 12.0 Å². The number of aliphatic imine (C=N–C) groups is 1. The maximum absolute atomic E-state index is 5.86. The molecule has 0 bridgehead atoms. The van der Waals surface area contributed by atoms with Crippen LogP contribution in [0.3, 0.4) is 0 Å². The van der Waals surface area contributed by atoms with E-state index in [2.05, 4.69) is 20.7 Å². The quantitative estimate of drug-likeness (QED) is 0.595. The predicted molar refractivity (Wildman–Crippen MR) is 94.5 cm³/mol. The normalized spacial score (nSPS) is 12.6. The molecule has 0 radical (unpaired) electrons. The van der Waals surface area contributed by atoms with E-state index >= 15 is 0 Å². The van der Waals surface area contributed by atoms with Gasteiger partial charge in [0.1, 0.15) is 17.6 Å². The van der Waals surface area contributed by atoms with Gasteiger partial charge in [-0.05, 0) is 37.3 Å². The molecule has 1 aromatic heterocycles. The molecule has 0 fully saturated rings. The smallest absolute Gasteiger partial charge is 0.191 e.